The molecule has 5 heteroatoms. The molecule has 1 unspecified atom stereocenters. The molecule has 0 aromatic heterocycles. The van der Waals surface area contributed by atoms with Crippen LogP contribution in [0.25, 0.3) is 0 Å². The first kappa shape index (κ1) is 18.3. The Kier molecular flexibility index (Phi) is 6.57. The van der Waals surface area contributed by atoms with Crippen molar-refractivity contribution in [1.82, 2.24) is 4.90 Å². The highest BCUT2D eigenvalue weighted by Crippen LogP contribution is 2.30. The number of carbonyl (C=O) groups is 1. The SMILES string of the molecule is CC(C)Sc1ccc(C(=O)N2CCC(C)(CN)C2)cc1.Cl. The Labute approximate surface area is 138 Å². The molecule has 1 saturated heterocycles. The van der Waals surface area contributed by atoms with E-state index in [1.54, 1.807) is 0 Å². The topological polar surface area (TPSA) is 46.3 Å². The molecule has 1 amide bonds. The molecule has 1 atom stereocenters. The molecule has 1 heterocycles. The van der Waals surface area contributed by atoms with Crippen molar-refractivity contribution < 1.29 is 4.79 Å². The molecule has 2 N–H and O–H groups in total. The third-order valence-corrected chi connectivity index (χ3v) is 4.83. The molecule has 0 aliphatic carbocycles. The summed E-state index contributed by atoms with van der Waals surface area (Å²) in [6, 6.07) is 7.95. The zero-order valence-electron chi connectivity index (χ0n) is 13.0. The number of likely N-dealkylation sites (tertiary alicyclic amines) is 1. The normalized spacial score (nSPS) is 21.5. The second kappa shape index (κ2) is 7.52. The second-order valence-corrected chi connectivity index (χ2v) is 7.83. The Morgan fingerprint density at radius 2 is 2.00 bits per heavy atom. The molecular formula is C16H25ClN2OS. The van der Waals surface area contributed by atoms with Gasteiger partial charge in [0.15, 0.2) is 0 Å². The van der Waals surface area contributed by atoms with Gasteiger partial charge < -0.3 is 10.6 Å². The number of thioether (sulfide) groups is 1. The van der Waals surface area contributed by atoms with Crippen LogP contribution in [0.3, 0.4) is 0 Å². The molecule has 118 valence electrons. The van der Waals surface area contributed by atoms with Crippen LogP contribution in [0.4, 0.5) is 0 Å². The Morgan fingerprint density at radius 1 is 1.38 bits per heavy atom. The van der Waals surface area contributed by atoms with Gasteiger partial charge in [0.1, 0.15) is 0 Å². The van der Waals surface area contributed by atoms with Gasteiger partial charge in [-0.1, -0.05) is 20.8 Å². The summed E-state index contributed by atoms with van der Waals surface area (Å²) in [7, 11) is 0. The van der Waals surface area contributed by atoms with E-state index < -0.39 is 0 Å². The van der Waals surface area contributed by atoms with Gasteiger partial charge in [-0.2, -0.15) is 0 Å². The van der Waals surface area contributed by atoms with Gasteiger partial charge in [-0.05, 0) is 42.6 Å². The number of rotatable bonds is 4. The third kappa shape index (κ3) is 4.63. The molecule has 1 aliphatic rings. The summed E-state index contributed by atoms with van der Waals surface area (Å²) in [5.74, 6) is 0.128. The molecule has 0 spiro atoms. The van der Waals surface area contributed by atoms with Crippen molar-refractivity contribution in [2.45, 2.75) is 37.3 Å². The van der Waals surface area contributed by atoms with E-state index in [9.17, 15) is 4.79 Å². The van der Waals surface area contributed by atoms with Crippen molar-refractivity contribution in [2.75, 3.05) is 19.6 Å². The maximum absolute atomic E-state index is 12.5. The minimum absolute atomic E-state index is 0. The van der Waals surface area contributed by atoms with Crippen LogP contribution in [-0.2, 0) is 0 Å². The van der Waals surface area contributed by atoms with Gasteiger partial charge in [0.2, 0.25) is 0 Å². The molecule has 0 saturated carbocycles. The summed E-state index contributed by atoms with van der Waals surface area (Å²) < 4.78 is 0. The monoisotopic (exact) mass is 328 g/mol. The van der Waals surface area contributed by atoms with E-state index in [4.69, 9.17) is 5.73 Å². The molecule has 1 fully saturated rings. The summed E-state index contributed by atoms with van der Waals surface area (Å²) in [5.41, 5.74) is 6.66. The molecule has 1 aliphatic heterocycles. The first-order chi connectivity index (χ1) is 9.43. The molecule has 0 bridgehead atoms. The van der Waals surface area contributed by atoms with Crippen molar-refractivity contribution in [2.24, 2.45) is 11.1 Å². The predicted molar refractivity (Wildman–Crippen MR) is 92.4 cm³/mol. The lowest BCUT2D eigenvalue weighted by atomic mass is 9.90. The van der Waals surface area contributed by atoms with Crippen LogP contribution in [0.1, 0.15) is 37.6 Å². The number of carbonyl (C=O) groups excluding carboxylic acids is 1. The summed E-state index contributed by atoms with van der Waals surface area (Å²) in [4.78, 5) is 15.6. The van der Waals surface area contributed by atoms with E-state index in [1.165, 1.54) is 4.90 Å². The van der Waals surface area contributed by atoms with Crippen LogP contribution in [0.15, 0.2) is 29.2 Å². The van der Waals surface area contributed by atoms with Crippen LogP contribution in [0, 0.1) is 5.41 Å². The van der Waals surface area contributed by atoms with Crippen molar-refractivity contribution in [3.8, 4) is 0 Å². The van der Waals surface area contributed by atoms with Crippen LogP contribution in [-0.4, -0.2) is 35.7 Å². The van der Waals surface area contributed by atoms with E-state index in [1.807, 2.05) is 40.9 Å². The van der Waals surface area contributed by atoms with Crippen LogP contribution < -0.4 is 5.73 Å². The summed E-state index contributed by atoms with van der Waals surface area (Å²) in [6.45, 7) is 8.71. The molecular weight excluding hydrogens is 304 g/mol. The number of nitrogens with two attached hydrogens (primary N) is 1. The van der Waals surface area contributed by atoms with Crippen LogP contribution in [0.2, 0.25) is 0 Å². The van der Waals surface area contributed by atoms with Gasteiger partial charge in [-0.3, -0.25) is 4.79 Å². The Balaban J connectivity index is 0.00000220. The van der Waals surface area contributed by atoms with Crippen LogP contribution >= 0.6 is 24.2 Å². The van der Waals surface area contributed by atoms with E-state index >= 15 is 0 Å². The quantitative estimate of drug-likeness (QED) is 0.861. The van der Waals surface area contributed by atoms with Crippen molar-refractivity contribution in [3.05, 3.63) is 29.8 Å². The van der Waals surface area contributed by atoms with E-state index in [0.29, 0.717) is 11.8 Å². The first-order valence-corrected chi connectivity index (χ1v) is 8.07. The number of hydrogen-bond donors (Lipinski definition) is 1. The van der Waals surface area contributed by atoms with E-state index in [0.717, 1.165) is 25.1 Å². The second-order valence-electron chi connectivity index (χ2n) is 6.18. The fraction of sp³-hybridized carbons (Fsp3) is 0.562. The summed E-state index contributed by atoms with van der Waals surface area (Å²) >= 11 is 1.81. The lowest BCUT2D eigenvalue weighted by Crippen LogP contribution is -2.34. The standard InChI is InChI=1S/C16H24N2OS.ClH/c1-12(2)20-14-6-4-13(5-7-14)15(19)18-9-8-16(3,10-17)11-18;/h4-7,12H,8-11,17H2,1-3H3;1H. The number of hydrogen-bond acceptors (Lipinski definition) is 3. The van der Waals surface area contributed by atoms with Gasteiger partial charge in [0.25, 0.3) is 5.91 Å². The molecule has 1 aromatic carbocycles. The Hall–Kier alpha value is -0.710. The van der Waals surface area contributed by atoms with Gasteiger partial charge in [-0.15, -0.1) is 24.2 Å². The highest BCUT2D eigenvalue weighted by Gasteiger charge is 2.35. The number of amides is 1. The van der Waals surface area contributed by atoms with Crippen molar-refractivity contribution >= 4 is 30.1 Å². The molecule has 2 rings (SSSR count). The third-order valence-electron chi connectivity index (χ3n) is 3.81. The van der Waals surface area contributed by atoms with Gasteiger partial charge in [0.05, 0.1) is 0 Å². The molecule has 3 nitrogen and oxygen atoms in total. The zero-order valence-corrected chi connectivity index (χ0v) is 14.6. The average molecular weight is 329 g/mol. The maximum Gasteiger partial charge on any atom is 0.253 e. The smallest absolute Gasteiger partial charge is 0.253 e. The predicted octanol–water partition coefficient (Wildman–Crippen LogP) is 3.42. The average Bonchev–Trinajstić information content (AvgIpc) is 2.82. The lowest BCUT2D eigenvalue weighted by molar-refractivity contribution is 0.0777. The van der Waals surface area contributed by atoms with Crippen LogP contribution in [0.5, 0.6) is 0 Å². The largest absolute Gasteiger partial charge is 0.338 e. The number of nitrogens with zero attached hydrogens (tertiary/aromatic N) is 1. The highest BCUT2D eigenvalue weighted by molar-refractivity contribution is 7.99. The first-order valence-electron chi connectivity index (χ1n) is 7.19. The Morgan fingerprint density at radius 3 is 2.48 bits per heavy atom. The lowest BCUT2D eigenvalue weighted by Gasteiger charge is -2.22. The zero-order chi connectivity index (χ0) is 14.8. The van der Waals surface area contributed by atoms with E-state index in [2.05, 4.69) is 20.8 Å². The van der Waals surface area contributed by atoms with Gasteiger partial charge in [0, 0.05) is 28.8 Å². The summed E-state index contributed by atoms with van der Waals surface area (Å²) in [5, 5.41) is 0.556. The molecule has 1 aromatic rings. The van der Waals surface area contributed by atoms with Crippen molar-refractivity contribution in [1.29, 1.82) is 0 Å². The fourth-order valence-corrected chi connectivity index (χ4v) is 3.33. The number of halogens is 1. The minimum Gasteiger partial charge on any atom is -0.338 e. The minimum atomic E-state index is 0. The van der Waals surface area contributed by atoms with Gasteiger partial charge in [-0.25, -0.2) is 0 Å². The highest BCUT2D eigenvalue weighted by atomic mass is 35.5. The van der Waals surface area contributed by atoms with E-state index in [-0.39, 0.29) is 23.7 Å². The van der Waals surface area contributed by atoms with Crippen molar-refractivity contribution in [3.63, 3.8) is 0 Å². The molecule has 0 radical (unpaired) electrons. The number of benzene rings is 1. The Bertz CT molecular complexity index is 478. The summed E-state index contributed by atoms with van der Waals surface area (Å²) in [6.07, 6.45) is 0.997. The van der Waals surface area contributed by atoms with Gasteiger partial charge >= 0.3 is 0 Å². The molecule has 21 heavy (non-hydrogen) atoms. The maximum atomic E-state index is 12.5. The fourth-order valence-electron chi connectivity index (χ4n) is 2.49.